The molecule has 2 N–H and O–H groups in total. The highest BCUT2D eigenvalue weighted by atomic mass is 35.5. The third kappa shape index (κ3) is 5.39. The van der Waals surface area contributed by atoms with Crippen LogP contribution in [0.3, 0.4) is 0 Å². The van der Waals surface area contributed by atoms with E-state index in [1.165, 1.54) is 0 Å². The molecule has 5 nitrogen and oxygen atoms in total. The number of pyridine rings is 1. The summed E-state index contributed by atoms with van der Waals surface area (Å²) in [6.45, 7) is 4.06. The van der Waals surface area contributed by atoms with Crippen molar-refractivity contribution < 1.29 is 19.7 Å². The maximum absolute atomic E-state index is 10.1. The molecule has 1 aromatic carbocycles. The van der Waals surface area contributed by atoms with Gasteiger partial charge in [-0.25, -0.2) is 0 Å². The number of phenols is 1. The van der Waals surface area contributed by atoms with Crippen LogP contribution in [-0.2, 0) is 4.74 Å². The number of halogens is 1. The number of aromatic hydroxyl groups is 1. The second-order valence-corrected chi connectivity index (χ2v) is 5.80. The Bertz CT molecular complexity index is 631. The molecule has 0 amide bonds. The van der Waals surface area contributed by atoms with Crippen molar-refractivity contribution in [1.82, 2.24) is 4.98 Å². The molecule has 0 radical (unpaired) electrons. The minimum Gasteiger partial charge on any atom is -0.504 e. The minimum absolute atomic E-state index is 0.0293. The van der Waals surface area contributed by atoms with E-state index in [-0.39, 0.29) is 18.5 Å². The molecule has 0 spiro atoms. The van der Waals surface area contributed by atoms with Gasteiger partial charge in [0, 0.05) is 11.8 Å². The highest BCUT2D eigenvalue weighted by molar-refractivity contribution is 6.30. The van der Waals surface area contributed by atoms with E-state index in [4.69, 9.17) is 26.2 Å². The summed E-state index contributed by atoms with van der Waals surface area (Å²) in [5.74, 6) is 0.400. The van der Waals surface area contributed by atoms with Crippen molar-refractivity contribution in [2.75, 3.05) is 13.2 Å². The van der Waals surface area contributed by atoms with Gasteiger partial charge in [0.25, 0.3) is 0 Å². The van der Waals surface area contributed by atoms with Crippen molar-refractivity contribution in [3.05, 3.63) is 41.6 Å². The lowest BCUT2D eigenvalue weighted by molar-refractivity contribution is 0.0104. The number of ether oxygens (including phenoxy) is 2. The first-order valence-corrected chi connectivity index (χ1v) is 7.71. The molecule has 0 aliphatic heterocycles. The van der Waals surface area contributed by atoms with Crippen LogP contribution in [0.15, 0.2) is 36.5 Å². The summed E-state index contributed by atoms with van der Waals surface area (Å²) in [4.78, 5) is 4.21. The number of nitrogens with zero attached hydrogens (tertiary/aromatic N) is 1. The zero-order valence-electron chi connectivity index (χ0n) is 13.1. The zero-order valence-corrected chi connectivity index (χ0v) is 13.8. The first kappa shape index (κ1) is 17.5. The molecule has 1 aromatic heterocycles. The molecule has 0 aliphatic rings. The van der Waals surface area contributed by atoms with E-state index in [0.717, 1.165) is 5.56 Å². The Kier molecular flexibility index (Phi) is 6.21. The summed E-state index contributed by atoms with van der Waals surface area (Å²) >= 11 is 5.81. The number of rotatable bonds is 7. The predicted molar refractivity (Wildman–Crippen MR) is 88.9 cm³/mol. The minimum atomic E-state index is -0.512. The molecule has 23 heavy (non-hydrogen) atoms. The van der Waals surface area contributed by atoms with Crippen LogP contribution in [0.4, 0.5) is 0 Å². The van der Waals surface area contributed by atoms with Crippen molar-refractivity contribution in [2.45, 2.75) is 26.1 Å². The van der Waals surface area contributed by atoms with Gasteiger partial charge in [-0.05, 0) is 44.2 Å². The van der Waals surface area contributed by atoms with E-state index in [0.29, 0.717) is 23.1 Å². The van der Waals surface area contributed by atoms with Crippen LogP contribution in [-0.4, -0.2) is 40.6 Å². The molecule has 0 saturated heterocycles. The average molecular weight is 338 g/mol. The van der Waals surface area contributed by atoms with Crippen LogP contribution < -0.4 is 4.74 Å². The molecular formula is C17H20ClNO4. The van der Waals surface area contributed by atoms with Crippen molar-refractivity contribution in [3.63, 3.8) is 0 Å². The molecule has 0 fully saturated rings. The fourth-order valence-electron chi connectivity index (χ4n) is 1.98. The van der Waals surface area contributed by atoms with Gasteiger partial charge in [-0.1, -0.05) is 11.6 Å². The number of hydrogen-bond donors (Lipinski definition) is 2. The van der Waals surface area contributed by atoms with Crippen LogP contribution in [0.5, 0.6) is 11.5 Å². The number of aliphatic hydroxyl groups excluding tert-OH is 1. The third-order valence-corrected chi connectivity index (χ3v) is 3.25. The maximum atomic E-state index is 10.1. The lowest BCUT2D eigenvalue weighted by Gasteiger charge is -2.17. The van der Waals surface area contributed by atoms with Crippen LogP contribution in [0.25, 0.3) is 11.3 Å². The standard InChI is InChI=1S/C17H20ClNO4/c1-11(20)9-22-10-12(2)23-17-6-3-13(7-16(17)21)15-5-4-14(18)8-19-15/h3-8,11-12,20-21H,9-10H2,1-2H3. The normalized spacial score (nSPS) is 13.6. The number of aromatic nitrogens is 1. The Balaban J connectivity index is 2.00. The first-order chi connectivity index (χ1) is 11.0. The van der Waals surface area contributed by atoms with Gasteiger partial charge in [0.2, 0.25) is 0 Å². The molecule has 1 heterocycles. The Labute approximate surface area is 140 Å². The number of phenolic OH excluding ortho intramolecular Hbond substituents is 1. The van der Waals surface area contributed by atoms with E-state index < -0.39 is 6.10 Å². The fourth-order valence-corrected chi connectivity index (χ4v) is 2.09. The van der Waals surface area contributed by atoms with Crippen LogP contribution in [0, 0.1) is 0 Å². The highest BCUT2D eigenvalue weighted by Gasteiger charge is 2.11. The summed E-state index contributed by atoms with van der Waals surface area (Å²) in [6.07, 6.45) is 0.792. The number of hydrogen-bond acceptors (Lipinski definition) is 5. The maximum Gasteiger partial charge on any atom is 0.161 e. The molecule has 2 aromatic rings. The molecule has 0 aliphatic carbocycles. The lowest BCUT2D eigenvalue weighted by Crippen LogP contribution is -2.22. The second-order valence-electron chi connectivity index (χ2n) is 5.36. The summed E-state index contributed by atoms with van der Waals surface area (Å²) < 4.78 is 10.9. The van der Waals surface area contributed by atoms with Gasteiger partial charge < -0.3 is 19.7 Å². The van der Waals surface area contributed by atoms with E-state index in [1.54, 1.807) is 37.4 Å². The summed E-state index contributed by atoms with van der Waals surface area (Å²) in [6, 6.07) is 8.62. The van der Waals surface area contributed by atoms with Crippen LogP contribution in [0.2, 0.25) is 5.02 Å². The quantitative estimate of drug-likeness (QED) is 0.811. The Morgan fingerprint density at radius 2 is 1.96 bits per heavy atom. The van der Waals surface area contributed by atoms with Gasteiger partial charge in [0.05, 0.1) is 30.0 Å². The van der Waals surface area contributed by atoms with Gasteiger partial charge in [0.15, 0.2) is 11.5 Å². The molecule has 0 bridgehead atoms. The van der Waals surface area contributed by atoms with Crippen molar-refractivity contribution >= 4 is 11.6 Å². The Hall–Kier alpha value is -1.82. The van der Waals surface area contributed by atoms with Gasteiger partial charge >= 0.3 is 0 Å². The van der Waals surface area contributed by atoms with Crippen molar-refractivity contribution in [3.8, 4) is 22.8 Å². The predicted octanol–water partition coefficient (Wildman–Crippen LogP) is 3.27. The molecule has 124 valence electrons. The summed E-state index contributed by atoms with van der Waals surface area (Å²) in [5, 5.41) is 19.8. The van der Waals surface area contributed by atoms with E-state index >= 15 is 0 Å². The smallest absolute Gasteiger partial charge is 0.161 e. The molecule has 2 unspecified atom stereocenters. The zero-order chi connectivity index (χ0) is 16.8. The largest absolute Gasteiger partial charge is 0.504 e. The fraction of sp³-hybridized carbons (Fsp3) is 0.353. The van der Waals surface area contributed by atoms with E-state index in [9.17, 15) is 5.11 Å². The van der Waals surface area contributed by atoms with Crippen molar-refractivity contribution in [1.29, 1.82) is 0 Å². The molecule has 2 atom stereocenters. The Morgan fingerprint density at radius 1 is 1.17 bits per heavy atom. The summed E-state index contributed by atoms with van der Waals surface area (Å²) in [5.41, 5.74) is 1.48. The van der Waals surface area contributed by atoms with E-state index in [1.807, 2.05) is 13.0 Å². The highest BCUT2D eigenvalue weighted by Crippen LogP contribution is 2.31. The van der Waals surface area contributed by atoms with Gasteiger partial charge in [0.1, 0.15) is 6.10 Å². The number of aliphatic hydroxyl groups is 1. The third-order valence-electron chi connectivity index (χ3n) is 3.02. The molecule has 0 saturated carbocycles. The lowest BCUT2D eigenvalue weighted by atomic mass is 10.1. The summed E-state index contributed by atoms with van der Waals surface area (Å²) in [7, 11) is 0. The second kappa shape index (κ2) is 8.15. The molecular weight excluding hydrogens is 318 g/mol. The molecule has 2 rings (SSSR count). The van der Waals surface area contributed by atoms with Crippen molar-refractivity contribution in [2.24, 2.45) is 0 Å². The van der Waals surface area contributed by atoms with E-state index in [2.05, 4.69) is 4.98 Å². The Morgan fingerprint density at radius 3 is 2.57 bits per heavy atom. The topological polar surface area (TPSA) is 71.8 Å². The molecule has 6 heteroatoms. The first-order valence-electron chi connectivity index (χ1n) is 7.33. The van der Waals surface area contributed by atoms with Gasteiger partial charge in [-0.3, -0.25) is 4.98 Å². The van der Waals surface area contributed by atoms with Crippen LogP contribution in [0.1, 0.15) is 13.8 Å². The van der Waals surface area contributed by atoms with Gasteiger partial charge in [-0.2, -0.15) is 0 Å². The monoisotopic (exact) mass is 337 g/mol. The SMILES string of the molecule is CC(O)COCC(C)Oc1ccc(-c2ccc(Cl)cn2)cc1O. The number of benzene rings is 1. The average Bonchev–Trinajstić information content (AvgIpc) is 2.50. The van der Waals surface area contributed by atoms with Gasteiger partial charge in [-0.15, -0.1) is 0 Å². The van der Waals surface area contributed by atoms with Crippen LogP contribution >= 0.6 is 11.6 Å².